The highest BCUT2D eigenvalue weighted by atomic mass is 15.3. The monoisotopic (exact) mass is 279 g/mol. The van der Waals surface area contributed by atoms with Crippen molar-refractivity contribution in [1.29, 1.82) is 0 Å². The number of anilines is 1. The lowest BCUT2D eigenvalue weighted by atomic mass is 10.1. The van der Waals surface area contributed by atoms with Crippen molar-refractivity contribution in [1.82, 2.24) is 19.7 Å². The van der Waals surface area contributed by atoms with Crippen molar-refractivity contribution in [3.8, 4) is 17.1 Å². The largest absolute Gasteiger partial charge is 0.384 e. The summed E-state index contributed by atoms with van der Waals surface area (Å²) < 4.78 is 1.80. The second-order valence-corrected chi connectivity index (χ2v) is 5.21. The molecule has 106 valence electrons. The first-order valence-electron chi connectivity index (χ1n) is 6.88. The number of nitrogens with zero attached hydrogens (tertiary/aromatic N) is 4. The standard InChI is InChI=1S/C16H17N5/c1-11(2)14-8-15(17)20-16(19-14)12-9-18-21(10-12)13-6-4-3-5-7-13/h3-11H,1-2H3,(H2,17,19,20). The Bertz CT molecular complexity index is 746. The Morgan fingerprint density at radius 2 is 1.86 bits per heavy atom. The number of nitrogen functional groups attached to an aromatic ring is 1. The Morgan fingerprint density at radius 3 is 2.57 bits per heavy atom. The molecule has 2 heterocycles. The van der Waals surface area contributed by atoms with Crippen LogP contribution in [0.5, 0.6) is 0 Å². The molecule has 0 saturated carbocycles. The molecule has 3 aromatic rings. The summed E-state index contributed by atoms with van der Waals surface area (Å²) in [5, 5.41) is 4.36. The van der Waals surface area contributed by atoms with Gasteiger partial charge in [0.1, 0.15) is 5.82 Å². The predicted octanol–water partition coefficient (Wildman–Crippen LogP) is 3.03. The van der Waals surface area contributed by atoms with Crippen molar-refractivity contribution < 1.29 is 0 Å². The van der Waals surface area contributed by atoms with Gasteiger partial charge in [-0.15, -0.1) is 0 Å². The minimum Gasteiger partial charge on any atom is -0.384 e. The lowest BCUT2D eigenvalue weighted by Gasteiger charge is -2.07. The molecule has 0 aliphatic rings. The Balaban J connectivity index is 2.00. The number of para-hydroxylation sites is 1. The van der Waals surface area contributed by atoms with Crippen LogP contribution in [0.4, 0.5) is 5.82 Å². The lowest BCUT2D eigenvalue weighted by Crippen LogP contribution is -2.01. The van der Waals surface area contributed by atoms with Crippen LogP contribution < -0.4 is 5.73 Å². The molecule has 21 heavy (non-hydrogen) atoms. The van der Waals surface area contributed by atoms with Crippen LogP contribution >= 0.6 is 0 Å². The molecule has 0 saturated heterocycles. The zero-order valence-corrected chi connectivity index (χ0v) is 12.1. The summed E-state index contributed by atoms with van der Waals surface area (Å²) in [6, 6.07) is 11.7. The van der Waals surface area contributed by atoms with Gasteiger partial charge in [0.25, 0.3) is 0 Å². The summed E-state index contributed by atoms with van der Waals surface area (Å²) in [7, 11) is 0. The molecule has 0 radical (unpaired) electrons. The third-order valence-corrected chi connectivity index (χ3v) is 3.22. The average Bonchev–Trinajstić information content (AvgIpc) is 2.97. The molecule has 0 unspecified atom stereocenters. The fourth-order valence-corrected chi connectivity index (χ4v) is 2.07. The van der Waals surface area contributed by atoms with E-state index in [1.165, 1.54) is 0 Å². The minimum atomic E-state index is 0.304. The fraction of sp³-hybridized carbons (Fsp3) is 0.188. The van der Waals surface area contributed by atoms with Gasteiger partial charge in [-0.1, -0.05) is 32.0 Å². The highest BCUT2D eigenvalue weighted by molar-refractivity contribution is 5.56. The number of hydrogen-bond acceptors (Lipinski definition) is 4. The SMILES string of the molecule is CC(C)c1cc(N)nc(-c2cnn(-c3ccccc3)c2)n1. The zero-order valence-electron chi connectivity index (χ0n) is 12.1. The van der Waals surface area contributed by atoms with Gasteiger partial charge in [-0.2, -0.15) is 5.10 Å². The van der Waals surface area contributed by atoms with Gasteiger partial charge >= 0.3 is 0 Å². The van der Waals surface area contributed by atoms with Crippen molar-refractivity contribution in [2.45, 2.75) is 19.8 Å². The van der Waals surface area contributed by atoms with Crippen molar-refractivity contribution >= 4 is 5.82 Å². The molecule has 2 aromatic heterocycles. The number of rotatable bonds is 3. The van der Waals surface area contributed by atoms with Crippen molar-refractivity contribution in [2.75, 3.05) is 5.73 Å². The van der Waals surface area contributed by atoms with Gasteiger partial charge in [-0.3, -0.25) is 0 Å². The molecule has 0 atom stereocenters. The van der Waals surface area contributed by atoms with Gasteiger partial charge in [0.15, 0.2) is 5.82 Å². The van der Waals surface area contributed by atoms with Gasteiger partial charge in [0.05, 0.1) is 17.4 Å². The van der Waals surface area contributed by atoms with E-state index in [1.807, 2.05) is 42.6 Å². The third-order valence-electron chi connectivity index (χ3n) is 3.22. The average molecular weight is 279 g/mol. The van der Waals surface area contributed by atoms with Crippen LogP contribution in [0, 0.1) is 0 Å². The molecule has 0 bridgehead atoms. The van der Waals surface area contributed by atoms with Gasteiger partial charge in [0, 0.05) is 18.0 Å². The second kappa shape index (κ2) is 5.36. The molecular weight excluding hydrogens is 262 g/mol. The molecule has 1 aromatic carbocycles. The van der Waals surface area contributed by atoms with E-state index < -0.39 is 0 Å². The van der Waals surface area contributed by atoms with Crippen molar-refractivity contribution in [3.63, 3.8) is 0 Å². The first-order chi connectivity index (χ1) is 10.1. The molecule has 0 aliphatic carbocycles. The summed E-state index contributed by atoms with van der Waals surface area (Å²) in [5.74, 6) is 1.40. The molecule has 5 heteroatoms. The van der Waals surface area contributed by atoms with Gasteiger partial charge in [-0.25, -0.2) is 14.6 Å². The van der Waals surface area contributed by atoms with E-state index in [1.54, 1.807) is 10.9 Å². The van der Waals surface area contributed by atoms with E-state index in [2.05, 4.69) is 28.9 Å². The van der Waals surface area contributed by atoms with E-state index in [4.69, 9.17) is 5.73 Å². The quantitative estimate of drug-likeness (QED) is 0.800. The number of nitrogens with two attached hydrogens (primary N) is 1. The van der Waals surface area contributed by atoms with Gasteiger partial charge in [0.2, 0.25) is 0 Å². The van der Waals surface area contributed by atoms with Crippen molar-refractivity contribution in [2.24, 2.45) is 0 Å². The van der Waals surface area contributed by atoms with E-state index in [0.29, 0.717) is 17.6 Å². The summed E-state index contributed by atoms with van der Waals surface area (Å²) in [4.78, 5) is 8.87. The molecule has 2 N–H and O–H groups in total. The van der Waals surface area contributed by atoms with Crippen LogP contribution in [-0.2, 0) is 0 Å². The third kappa shape index (κ3) is 2.76. The summed E-state index contributed by atoms with van der Waals surface area (Å²) in [5.41, 5.74) is 8.66. The maximum atomic E-state index is 5.87. The molecule has 0 fully saturated rings. The predicted molar refractivity (Wildman–Crippen MR) is 83.1 cm³/mol. The highest BCUT2D eigenvalue weighted by Gasteiger charge is 2.10. The Morgan fingerprint density at radius 1 is 1.10 bits per heavy atom. The van der Waals surface area contributed by atoms with E-state index in [9.17, 15) is 0 Å². The number of benzene rings is 1. The van der Waals surface area contributed by atoms with Crippen LogP contribution in [0.15, 0.2) is 48.8 Å². The van der Waals surface area contributed by atoms with Crippen LogP contribution in [0.2, 0.25) is 0 Å². The van der Waals surface area contributed by atoms with Crippen molar-refractivity contribution in [3.05, 3.63) is 54.5 Å². The molecule has 0 aliphatic heterocycles. The summed E-state index contributed by atoms with van der Waals surface area (Å²) >= 11 is 0. The van der Waals surface area contributed by atoms with E-state index in [-0.39, 0.29) is 0 Å². The Hall–Kier alpha value is -2.69. The second-order valence-electron chi connectivity index (χ2n) is 5.21. The van der Waals surface area contributed by atoms with Gasteiger partial charge in [-0.05, 0) is 18.1 Å². The molecule has 3 rings (SSSR count). The van der Waals surface area contributed by atoms with Crippen LogP contribution in [0.25, 0.3) is 17.1 Å². The van der Waals surface area contributed by atoms with Crippen LogP contribution in [-0.4, -0.2) is 19.7 Å². The van der Waals surface area contributed by atoms with E-state index >= 15 is 0 Å². The summed E-state index contributed by atoms with van der Waals surface area (Å²) in [6.07, 6.45) is 3.67. The molecular formula is C16H17N5. The molecule has 0 spiro atoms. The van der Waals surface area contributed by atoms with Crippen LogP contribution in [0.3, 0.4) is 0 Å². The zero-order chi connectivity index (χ0) is 14.8. The topological polar surface area (TPSA) is 69.6 Å². The fourth-order valence-electron chi connectivity index (χ4n) is 2.07. The van der Waals surface area contributed by atoms with Crippen LogP contribution in [0.1, 0.15) is 25.5 Å². The Kier molecular flexibility index (Phi) is 3.39. The Labute approximate surface area is 123 Å². The normalized spacial score (nSPS) is 11.0. The molecule has 5 nitrogen and oxygen atoms in total. The maximum absolute atomic E-state index is 5.87. The van der Waals surface area contributed by atoms with E-state index in [0.717, 1.165) is 16.9 Å². The lowest BCUT2D eigenvalue weighted by molar-refractivity contribution is 0.818. The summed E-state index contributed by atoms with van der Waals surface area (Å²) in [6.45, 7) is 4.16. The number of hydrogen-bond donors (Lipinski definition) is 1. The molecule has 0 amide bonds. The first-order valence-corrected chi connectivity index (χ1v) is 6.88. The minimum absolute atomic E-state index is 0.304. The maximum Gasteiger partial charge on any atom is 0.164 e. The van der Waals surface area contributed by atoms with Gasteiger partial charge < -0.3 is 5.73 Å². The highest BCUT2D eigenvalue weighted by Crippen LogP contribution is 2.21. The smallest absolute Gasteiger partial charge is 0.164 e. The first kappa shape index (κ1) is 13.3. The number of aromatic nitrogens is 4.